The van der Waals surface area contributed by atoms with Crippen LogP contribution in [-0.2, 0) is 0 Å². The van der Waals surface area contributed by atoms with Gasteiger partial charge in [0.2, 0.25) is 0 Å². The molecule has 0 fully saturated rings. The third-order valence-electron chi connectivity index (χ3n) is 11.1. The molecule has 0 N–H and O–H groups in total. The Balaban J connectivity index is 1.01. The lowest BCUT2D eigenvalue weighted by atomic mass is 9.91. The monoisotopic (exact) mass is 750 g/mol. The van der Waals surface area contributed by atoms with Crippen LogP contribution in [0, 0.1) is 22.7 Å². The van der Waals surface area contributed by atoms with Crippen LogP contribution in [0.4, 0.5) is 0 Å². The van der Waals surface area contributed by atoms with Crippen molar-refractivity contribution in [2.75, 3.05) is 0 Å². The van der Waals surface area contributed by atoms with Crippen LogP contribution >= 0.6 is 0 Å². The first-order valence-electron chi connectivity index (χ1n) is 19.6. The van der Waals surface area contributed by atoms with Gasteiger partial charge in [-0.15, -0.1) is 0 Å². The molecule has 0 saturated carbocycles. The molecular weight excluding hydrogens is 717 g/mol. The number of rotatable bonds is 7. The Morgan fingerprint density at radius 2 is 0.661 bits per heavy atom. The number of benzene rings is 9. The molecule has 274 valence electrons. The number of hydrogen-bond donors (Lipinski definition) is 0. The average Bonchev–Trinajstić information content (AvgIpc) is 3.71. The predicted octanol–water partition coefficient (Wildman–Crippen LogP) is 15.0. The highest BCUT2D eigenvalue weighted by Crippen LogP contribution is 2.39. The SMILES string of the molecule is N#Cc1cccc(-c2ccc(-c3cc(-c4ccc(-c5cccc(C#N)c5)cc4)cc(-c4ccc(-c5cccc(-c6cccc7c6oc6ccccc67)c5)cc4)c3)cc2)c1. The molecule has 0 aliphatic heterocycles. The van der Waals surface area contributed by atoms with E-state index in [0.29, 0.717) is 11.1 Å². The molecule has 0 unspecified atom stereocenters. The van der Waals surface area contributed by atoms with Gasteiger partial charge in [-0.25, -0.2) is 0 Å². The fourth-order valence-electron chi connectivity index (χ4n) is 8.07. The van der Waals surface area contributed by atoms with Crippen molar-refractivity contribution < 1.29 is 4.42 Å². The quantitative estimate of drug-likeness (QED) is 0.163. The third kappa shape index (κ3) is 6.85. The highest BCUT2D eigenvalue weighted by atomic mass is 16.3. The summed E-state index contributed by atoms with van der Waals surface area (Å²) in [6.45, 7) is 0. The second kappa shape index (κ2) is 15.0. The first kappa shape index (κ1) is 35.2. The van der Waals surface area contributed by atoms with E-state index < -0.39 is 0 Å². The van der Waals surface area contributed by atoms with Crippen LogP contribution in [0.25, 0.3) is 99.8 Å². The summed E-state index contributed by atoms with van der Waals surface area (Å²) in [6.07, 6.45) is 0. The van der Waals surface area contributed by atoms with E-state index in [9.17, 15) is 10.5 Å². The number of para-hydroxylation sites is 2. The van der Waals surface area contributed by atoms with Gasteiger partial charge in [0.25, 0.3) is 0 Å². The van der Waals surface area contributed by atoms with Crippen molar-refractivity contribution >= 4 is 21.9 Å². The van der Waals surface area contributed by atoms with E-state index in [1.165, 1.54) is 0 Å². The van der Waals surface area contributed by atoms with Gasteiger partial charge in [-0.1, -0.05) is 152 Å². The van der Waals surface area contributed by atoms with Crippen LogP contribution in [0.1, 0.15) is 11.1 Å². The molecule has 1 aromatic heterocycles. The van der Waals surface area contributed by atoms with Crippen molar-refractivity contribution in [3.05, 3.63) is 217 Å². The molecule has 0 saturated heterocycles. The molecule has 0 bridgehead atoms. The zero-order chi connectivity index (χ0) is 39.7. The molecule has 0 amide bonds. The Labute approximate surface area is 343 Å². The molecule has 59 heavy (non-hydrogen) atoms. The maximum absolute atomic E-state index is 9.45. The van der Waals surface area contributed by atoms with Crippen LogP contribution in [0.2, 0.25) is 0 Å². The van der Waals surface area contributed by atoms with E-state index in [0.717, 1.165) is 99.8 Å². The normalized spacial score (nSPS) is 11.0. The maximum Gasteiger partial charge on any atom is 0.143 e. The van der Waals surface area contributed by atoms with E-state index in [1.54, 1.807) is 0 Å². The number of hydrogen-bond acceptors (Lipinski definition) is 3. The lowest BCUT2D eigenvalue weighted by Crippen LogP contribution is -1.88. The Morgan fingerprint density at radius 3 is 1.15 bits per heavy atom. The first-order chi connectivity index (χ1) is 29.1. The van der Waals surface area contributed by atoms with Gasteiger partial charge in [-0.05, 0) is 127 Å². The zero-order valence-corrected chi connectivity index (χ0v) is 31.9. The number of nitriles is 2. The summed E-state index contributed by atoms with van der Waals surface area (Å²) in [7, 11) is 0. The summed E-state index contributed by atoms with van der Waals surface area (Å²) in [5.74, 6) is 0. The minimum Gasteiger partial charge on any atom is -0.455 e. The van der Waals surface area contributed by atoms with Crippen LogP contribution in [0.15, 0.2) is 211 Å². The lowest BCUT2D eigenvalue weighted by Gasteiger charge is -2.13. The third-order valence-corrected chi connectivity index (χ3v) is 11.1. The van der Waals surface area contributed by atoms with Crippen molar-refractivity contribution in [3.63, 3.8) is 0 Å². The fourth-order valence-corrected chi connectivity index (χ4v) is 8.07. The van der Waals surface area contributed by atoms with Gasteiger partial charge in [0.15, 0.2) is 0 Å². The Hall–Kier alpha value is -8.24. The molecule has 0 aliphatic rings. The molecule has 3 heteroatoms. The van der Waals surface area contributed by atoms with E-state index in [4.69, 9.17) is 4.42 Å². The summed E-state index contributed by atoms with van der Waals surface area (Å²) < 4.78 is 6.38. The largest absolute Gasteiger partial charge is 0.455 e. The summed E-state index contributed by atoms with van der Waals surface area (Å²) in [5, 5.41) is 21.2. The topological polar surface area (TPSA) is 60.7 Å². The molecule has 9 aromatic carbocycles. The molecule has 10 aromatic rings. The molecule has 3 nitrogen and oxygen atoms in total. The van der Waals surface area contributed by atoms with Crippen molar-refractivity contribution in [3.8, 4) is 90.0 Å². The standard InChI is InChI=1S/C56H34N2O/c57-35-37-7-3-9-45(29-37)39-17-23-42(24-18-39)49-32-50(43-25-19-40(20-26-43)46-10-4-8-38(30-46)36-58)34-51(33-49)44-27-21-41(22-28-44)47-11-5-12-48(31-47)52-14-6-15-54-53-13-1-2-16-55(53)59-56(52)54/h1-34H. The molecule has 1 heterocycles. The van der Waals surface area contributed by atoms with Gasteiger partial charge < -0.3 is 4.42 Å². The highest BCUT2D eigenvalue weighted by Gasteiger charge is 2.14. The first-order valence-corrected chi connectivity index (χ1v) is 19.6. The van der Waals surface area contributed by atoms with Gasteiger partial charge >= 0.3 is 0 Å². The minimum atomic E-state index is 0.645. The highest BCUT2D eigenvalue weighted by molar-refractivity contribution is 6.09. The van der Waals surface area contributed by atoms with Gasteiger partial charge in [0.05, 0.1) is 23.3 Å². The molecule has 0 spiro atoms. The van der Waals surface area contributed by atoms with E-state index in [1.807, 2.05) is 60.7 Å². The smallest absolute Gasteiger partial charge is 0.143 e. The molecule has 0 atom stereocenters. The van der Waals surface area contributed by atoms with Gasteiger partial charge in [0, 0.05) is 16.3 Å². The molecule has 10 rings (SSSR count). The Morgan fingerprint density at radius 1 is 0.288 bits per heavy atom. The van der Waals surface area contributed by atoms with E-state index in [-0.39, 0.29) is 0 Å². The van der Waals surface area contributed by atoms with Gasteiger partial charge in [-0.2, -0.15) is 10.5 Å². The Kier molecular flexibility index (Phi) is 8.96. The van der Waals surface area contributed by atoms with Crippen LogP contribution < -0.4 is 0 Å². The van der Waals surface area contributed by atoms with Crippen molar-refractivity contribution in [2.45, 2.75) is 0 Å². The summed E-state index contributed by atoms with van der Waals surface area (Å²) in [6, 6.07) is 75.9. The zero-order valence-electron chi connectivity index (χ0n) is 31.9. The average molecular weight is 751 g/mol. The minimum absolute atomic E-state index is 0.645. The number of furan rings is 1. The number of fused-ring (bicyclic) bond motifs is 3. The van der Waals surface area contributed by atoms with Gasteiger partial charge in [-0.3, -0.25) is 0 Å². The van der Waals surface area contributed by atoms with Crippen molar-refractivity contribution in [1.82, 2.24) is 0 Å². The van der Waals surface area contributed by atoms with Crippen LogP contribution in [0.5, 0.6) is 0 Å². The lowest BCUT2D eigenvalue weighted by molar-refractivity contribution is 0.670. The summed E-state index contributed by atoms with van der Waals surface area (Å²) in [5.41, 5.74) is 18.4. The van der Waals surface area contributed by atoms with Crippen LogP contribution in [-0.4, -0.2) is 0 Å². The second-order valence-electron chi connectivity index (χ2n) is 14.8. The van der Waals surface area contributed by atoms with Crippen molar-refractivity contribution in [2.24, 2.45) is 0 Å². The van der Waals surface area contributed by atoms with Gasteiger partial charge in [0.1, 0.15) is 11.2 Å². The maximum atomic E-state index is 9.45. The summed E-state index contributed by atoms with van der Waals surface area (Å²) in [4.78, 5) is 0. The second-order valence-corrected chi connectivity index (χ2v) is 14.8. The van der Waals surface area contributed by atoms with Crippen molar-refractivity contribution in [1.29, 1.82) is 10.5 Å². The molecule has 0 aliphatic carbocycles. The molecular formula is C56H34N2O. The molecule has 0 radical (unpaired) electrons. The van der Waals surface area contributed by atoms with Crippen LogP contribution in [0.3, 0.4) is 0 Å². The number of nitrogens with zero attached hydrogens (tertiary/aromatic N) is 2. The predicted molar refractivity (Wildman–Crippen MR) is 241 cm³/mol. The van der Waals surface area contributed by atoms with E-state index in [2.05, 4.69) is 158 Å². The summed E-state index contributed by atoms with van der Waals surface area (Å²) >= 11 is 0. The fraction of sp³-hybridized carbons (Fsp3) is 0. The Bertz CT molecular complexity index is 3150. The van der Waals surface area contributed by atoms with E-state index >= 15 is 0 Å².